The molecule has 9 heteroatoms. The maximum absolute atomic E-state index is 13.1. The Kier molecular flexibility index (Phi) is 6.78. The Morgan fingerprint density at radius 3 is 2.42 bits per heavy atom. The van der Waals surface area contributed by atoms with Crippen LogP contribution < -0.4 is 20.5 Å². The fraction of sp³-hybridized carbons (Fsp3) is 0.136. The minimum absolute atomic E-state index is 0.0615. The van der Waals surface area contributed by atoms with E-state index in [9.17, 15) is 18.3 Å². The summed E-state index contributed by atoms with van der Waals surface area (Å²) in [6.07, 6.45) is 0. The molecule has 3 aromatic carbocycles. The molecule has 0 aliphatic carbocycles. The normalized spacial score (nSPS) is 11.0. The van der Waals surface area contributed by atoms with Gasteiger partial charge in [0, 0.05) is 18.8 Å². The first-order valence-electron chi connectivity index (χ1n) is 9.42. The summed E-state index contributed by atoms with van der Waals surface area (Å²) in [4.78, 5) is 11.2. The number of carboxylic acids is 1. The standard InChI is InChI=1S/C22H23N3O5S/c1-30-20-9-8-16(15-4-2-5-17(12-15)22(26)27)13-21(20)31(28,29)25-19-7-3-6-18(14-19)24-11-10-23/h2-9,12-14,24-25H,10-11,23H2,1H3,(H,26,27). The largest absolute Gasteiger partial charge is 0.495 e. The predicted octanol–water partition coefficient (Wildman–Crippen LogP) is 3.23. The van der Waals surface area contributed by atoms with Crippen molar-refractivity contribution in [2.24, 2.45) is 5.73 Å². The first kappa shape index (κ1) is 22.1. The molecule has 0 aliphatic rings. The summed E-state index contributed by atoms with van der Waals surface area (Å²) in [6, 6.07) is 17.8. The average molecular weight is 442 g/mol. The molecule has 0 spiro atoms. The Hall–Kier alpha value is -3.56. The van der Waals surface area contributed by atoms with E-state index in [-0.39, 0.29) is 16.2 Å². The second kappa shape index (κ2) is 9.50. The Labute approximate surface area is 180 Å². The Morgan fingerprint density at radius 2 is 1.71 bits per heavy atom. The van der Waals surface area contributed by atoms with Crippen LogP contribution in [0.3, 0.4) is 0 Å². The number of rotatable bonds is 9. The molecule has 0 unspecified atom stereocenters. The minimum atomic E-state index is -3.99. The lowest BCUT2D eigenvalue weighted by Crippen LogP contribution is -2.15. The SMILES string of the molecule is COc1ccc(-c2cccc(C(=O)O)c2)cc1S(=O)(=O)Nc1cccc(NCCN)c1. The molecule has 0 saturated heterocycles. The van der Waals surface area contributed by atoms with E-state index < -0.39 is 16.0 Å². The smallest absolute Gasteiger partial charge is 0.335 e. The van der Waals surface area contributed by atoms with Crippen molar-refractivity contribution in [3.05, 3.63) is 72.3 Å². The molecule has 0 amide bonds. The van der Waals surface area contributed by atoms with Crippen LogP contribution in [0.15, 0.2) is 71.6 Å². The number of carboxylic acid groups (broad SMARTS) is 1. The maximum Gasteiger partial charge on any atom is 0.335 e. The van der Waals surface area contributed by atoms with E-state index >= 15 is 0 Å². The molecule has 0 bridgehead atoms. The van der Waals surface area contributed by atoms with Crippen molar-refractivity contribution in [3.8, 4) is 16.9 Å². The average Bonchev–Trinajstić information content (AvgIpc) is 2.77. The lowest BCUT2D eigenvalue weighted by atomic mass is 10.0. The summed E-state index contributed by atoms with van der Waals surface area (Å²) < 4.78 is 34.1. The van der Waals surface area contributed by atoms with Crippen molar-refractivity contribution >= 4 is 27.4 Å². The Morgan fingerprint density at radius 1 is 1.00 bits per heavy atom. The molecule has 8 nitrogen and oxygen atoms in total. The maximum atomic E-state index is 13.1. The molecule has 5 N–H and O–H groups in total. The van der Waals surface area contributed by atoms with Crippen LogP contribution in [0.2, 0.25) is 0 Å². The molecule has 0 fully saturated rings. The number of hydrogen-bond donors (Lipinski definition) is 4. The lowest BCUT2D eigenvalue weighted by Gasteiger charge is -2.14. The van der Waals surface area contributed by atoms with Gasteiger partial charge in [-0.05, 0) is 53.6 Å². The van der Waals surface area contributed by atoms with Crippen LogP contribution in [0, 0.1) is 0 Å². The number of sulfonamides is 1. The molecular formula is C22H23N3O5S. The first-order chi connectivity index (χ1) is 14.8. The van der Waals surface area contributed by atoms with Crippen LogP contribution in [0.1, 0.15) is 10.4 Å². The van der Waals surface area contributed by atoms with Crippen molar-refractivity contribution < 1.29 is 23.1 Å². The molecule has 0 radical (unpaired) electrons. The summed E-state index contributed by atoms with van der Waals surface area (Å²) in [6.45, 7) is 1.00. The van der Waals surface area contributed by atoms with Gasteiger partial charge in [0.25, 0.3) is 10.0 Å². The zero-order chi connectivity index (χ0) is 22.4. The van der Waals surface area contributed by atoms with Crippen molar-refractivity contribution in [1.29, 1.82) is 0 Å². The quantitative estimate of drug-likeness (QED) is 0.401. The molecule has 0 atom stereocenters. The number of aromatic carboxylic acids is 1. The van der Waals surface area contributed by atoms with E-state index in [4.69, 9.17) is 10.5 Å². The summed E-state index contributed by atoms with van der Waals surface area (Å²) in [5.74, 6) is -0.893. The van der Waals surface area contributed by atoms with Gasteiger partial charge in [0.15, 0.2) is 0 Å². The fourth-order valence-corrected chi connectivity index (χ4v) is 4.26. The second-order valence-electron chi connectivity index (χ2n) is 6.65. The van der Waals surface area contributed by atoms with E-state index in [1.54, 1.807) is 36.4 Å². The van der Waals surface area contributed by atoms with Gasteiger partial charge in [0.2, 0.25) is 0 Å². The van der Waals surface area contributed by atoms with Gasteiger partial charge in [-0.3, -0.25) is 4.72 Å². The van der Waals surface area contributed by atoms with Crippen LogP contribution in [-0.4, -0.2) is 39.7 Å². The Balaban J connectivity index is 1.98. The van der Waals surface area contributed by atoms with Gasteiger partial charge in [0.05, 0.1) is 18.4 Å². The summed E-state index contributed by atoms with van der Waals surface area (Å²) in [7, 11) is -2.61. The summed E-state index contributed by atoms with van der Waals surface area (Å²) in [5.41, 5.74) is 7.83. The zero-order valence-electron chi connectivity index (χ0n) is 16.8. The fourth-order valence-electron chi connectivity index (χ4n) is 3.02. The molecular weight excluding hydrogens is 418 g/mol. The molecule has 0 aromatic heterocycles. The Bertz CT molecular complexity index is 1200. The van der Waals surface area contributed by atoms with E-state index in [0.717, 1.165) is 5.69 Å². The molecule has 3 aromatic rings. The second-order valence-corrected chi connectivity index (χ2v) is 8.30. The van der Waals surface area contributed by atoms with E-state index in [0.29, 0.717) is 29.9 Å². The summed E-state index contributed by atoms with van der Waals surface area (Å²) in [5, 5.41) is 12.3. The topological polar surface area (TPSA) is 131 Å². The minimum Gasteiger partial charge on any atom is -0.495 e. The van der Waals surface area contributed by atoms with Crippen LogP contribution in [0.5, 0.6) is 5.75 Å². The van der Waals surface area contributed by atoms with Gasteiger partial charge < -0.3 is 20.9 Å². The number of nitrogens with two attached hydrogens (primary N) is 1. The van der Waals surface area contributed by atoms with Gasteiger partial charge in [-0.1, -0.05) is 24.3 Å². The monoisotopic (exact) mass is 441 g/mol. The number of carbonyl (C=O) groups is 1. The van der Waals surface area contributed by atoms with Gasteiger partial charge in [-0.15, -0.1) is 0 Å². The van der Waals surface area contributed by atoms with Crippen molar-refractivity contribution in [3.63, 3.8) is 0 Å². The van der Waals surface area contributed by atoms with Crippen LogP contribution in [0.25, 0.3) is 11.1 Å². The third-order valence-electron chi connectivity index (χ3n) is 4.48. The number of methoxy groups -OCH3 is 1. The third-order valence-corrected chi connectivity index (χ3v) is 5.89. The molecule has 162 valence electrons. The van der Waals surface area contributed by atoms with Crippen LogP contribution in [-0.2, 0) is 10.0 Å². The molecule has 0 saturated carbocycles. The molecule has 0 aliphatic heterocycles. The number of anilines is 2. The molecule has 3 rings (SSSR count). The third kappa shape index (κ3) is 5.33. The highest BCUT2D eigenvalue weighted by Crippen LogP contribution is 2.32. The van der Waals surface area contributed by atoms with Crippen LogP contribution in [0.4, 0.5) is 11.4 Å². The lowest BCUT2D eigenvalue weighted by molar-refractivity contribution is 0.0697. The molecule has 31 heavy (non-hydrogen) atoms. The number of nitrogens with one attached hydrogen (secondary N) is 2. The van der Waals surface area contributed by atoms with Gasteiger partial charge in [-0.2, -0.15) is 0 Å². The first-order valence-corrected chi connectivity index (χ1v) is 10.9. The van der Waals surface area contributed by atoms with Crippen molar-refractivity contribution in [2.45, 2.75) is 4.90 Å². The van der Waals surface area contributed by atoms with Gasteiger partial charge in [0.1, 0.15) is 10.6 Å². The highest BCUT2D eigenvalue weighted by atomic mass is 32.2. The molecule has 0 heterocycles. The predicted molar refractivity (Wildman–Crippen MR) is 120 cm³/mol. The highest BCUT2D eigenvalue weighted by molar-refractivity contribution is 7.92. The highest BCUT2D eigenvalue weighted by Gasteiger charge is 2.21. The number of ether oxygens (including phenoxy) is 1. The van der Waals surface area contributed by atoms with Crippen molar-refractivity contribution in [2.75, 3.05) is 30.2 Å². The zero-order valence-corrected chi connectivity index (χ0v) is 17.6. The van der Waals surface area contributed by atoms with Gasteiger partial charge >= 0.3 is 5.97 Å². The number of hydrogen-bond acceptors (Lipinski definition) is 6. The van der Waals surface area contributed by atoms with Crippen molar-refractivity contribution in [1.82, 2.24) is 0 Å². The van der Waals surface area contributed by atoms with Crippen LogP contribution >= 0.6 is 0 Å². The van der Waals surface area contributed by atoms with E-state index in [1.807, 2.05) is 6.07 Å². The summed E-state index contributed by atoms with van der Waals surface area (Å²) >= 11 is 0. The number of benzene rings is 3. The van der Waals surface area contributed by atoms with E-state index in [2.05, 4.69) is 10.0 Å². The van der Waals surface area contributed by atoms with E-state index in [1.165, 1.54) is 31.4 Å². The van der Waals surface area contributed by atoms with Gasteiger partial charge in [-0.25, -0.2) is 13.2 Å².